The summed E-state index contributed by atoms with van der Waals surface area (Å²) in [7, 11) is 0. The molecule has 0 fully saturated rings. The van der Waals surface area contributed by atoms with Gasteiger partial charge in [0.2, 0.25) is 0 Å². The van der Waals surface area contributed by atoms with Gasteiger partial charge >= 0.3 is 5.97 Å². The highest BCUT2D eigenvalue weighted by Gasteiger charge is 2.12. The van der Waals surface area contributed by atoms with Crippen LogP contribution >= 0.6 is 12.6 Å². The number of hydrogen-bond donors (Lipinski definition) is 1. The average molecular weight is 235 g/mol. The van der Waals surface area contributed by atoms with Crippen molar-refractivity contribution in [2.24, 2.45) is 0 Å². The van der Waals surface area contributed by atoms with Crippen molar-refractivity contribution in [2.45, 2.75) is 25.2 Å². The number of nitriles is 1. The molecule has 0 radical (unpaired) electrons. The highest BCUT2D eigenvalue weighted by molar-refractivity contribution is 7.80. The zero-order valence-electron chi connectivity index (χ0n) is 9.28. The SMILES string of the molecule is CCOC(=O)c1cc(C#N)c(S)c(CC)c1. The van der Waals surface area contributed by atoms with Crippen molar-refractivity contribution in [3.05, 3.63) is 28.8 Å². The van der Waals surface area contributed by atoms with Gasteiger partial charge in [-0.2, -0.15) is 5.26 Å². The van der Waals surface area contributed by atoms with E-state index in [-0.39, 0.29) is 0 Å². The van der Waals surface area contributed by atoms with Crippen molar-refractivity contribution < 1.29 is 9.53 Å². The fourth-order valence-corrected chi connectivity index (χ4v) is 1.72. The van der Waals surface area contributed by atoms with E-state index in [1.54, 1.807) is 13.0 Å². The largest absolute Gasteiger partial charge is 0.462 e. The van der Waals surface area contributed by atoms with Gasteiger partial charge < -0.3 is 4.74 Å². The lowest BCUT2D eigenvalue weighted by Crippen LogP contribution is -2.06. The number of carbonyl (C=O) groups excluding carboxylic acids is 1. The lowest BCUT2D eigenvalue weighted by atomic mass is 10.0. The zero-order valence-corrected chi connectivity index (χ0v) is 10.2. The highest BCUT2D eigenvalue weighted by atomic mass is 32.1. The lowest BCUT2D eigenvalue weighted by molar-refractivity contribution is 0.0526. The maximum absolute atomic E-state index is 11.5. The average Bonchev–Trinajstić information content (AvgIpc) is 2.29. The van der Waals surface area contributed by atoms with Gasteiger partial charge in [0.25, 0.3) is 0 Å². The fourth-order valence-electron chi connectivity index (χ4n) is 1.38. The van der Waals surface area contributed by atoms with Crippen LogP contribution in [0.3, 0.4) is 0 Å². The molecule has 0 heterocycles. The predicted molar refractivity (Wildman–Crippen MR) is 63.7 cm³/mol. The minimum absolute atomic E-state index is 0.324. The molecule has 0 aliphatic heterocycles. The normalized spacial score (nSPS) is 9.62. The molecule has 1 rings (SSSR count). The van der Waals surface area contributed by atoms with Crippen LogP contribution < -0.4 is 0 Å². The van der Waals surface area contributed by atoms with Crippen LogP contribution in [0.5, 0.6) is 0 Å². The van der Waals surface area contributed by atoms with Crippen LogP contribution in [-0.2, 0) is 11.2 Å². The number of benzene rings is 1. The van der Waals surface area contributed by atoms with E-state index >= 15 is 0 Å². The van der Waals surface area contributed by atoms with Crippen molar-refractivity contribution >= 4 is 18.6 Å². The van der Waals surface area contributed by atoms with E-state index in [9.17, 15) is 4.79 Å². The summed E-state index contributed by atoms with van der Waals surface area (Å²) in [5.74, 6) is -0.401. The first-order valence-electron chi connectivity index (χ1n) is 5.07. The number of ether oxygens (including phenoxy) is 1. The van der Waals surface area contributed by atoms with E-state index in [0.717, 1.165) is 12.0 Å². The van der Waals surface area contributed by atoms with Gasteiger partial charge in [-0.3, -0.25) is 0 Å². The molecule has 0 unspecified atom stereocenters. The molecule has 0 amide bonds. The lowest BCUT2D eigenvalue weighted by Gasteiger charge is -2.08. The van der Waals surface area contributed by atoms with E-state index in [2.05, 4.69) is 12.6 Å². The smallest absolute Gasteiger partial charge is 0.338 e. The third kappa shape index (κ3) is 2.56. The van der Waals surface area contributed by atoms with E-state index in [0.29, 0.717) is 22.6 Å². The van der Waals surface area contributed by atoms with Gasteiger partial charge in [-0.25, -0.2) is 4.79 Å². The van der Waals surface area contributed by atoms with Crippen LogP contribution in [0.25, 0.3) is 0 Å². The number of nitrogens with zero attached hydrogens (tertiary/aromatic N) is 1. The van der Waals surface area contributed by atoms with Crippen LogP contribution in [0.15, 0.2) is 17.0 Å². The van der Waals surface area contributed by atoms with E-state index in [1.807, 2.05) is 13.0 Å². The Kier molecular flexibility index (Phi) is 4.39. The molecule has 0 aliphatic rings. The summed E-state index contributed by atoms with van der Waals surface area (Å²) in [6.07, 6.45) is 0.723. The Morgan fingerprint density at radius 2 is 2.19 bits per heavy atom. The fraction of sp³-hybridized carbons (Fsp3) is 0.333. The van der Waals surface area contributed by atoms with Gasteiger partial charge in [-0.15, -0.1) is 12.6 Å². The summed E-state index contributed by atoms with van der Waals surface area (Å²) >= 11 is 4.26. The van der Waals surface area contributed by atoms with Crippen LogP contribution in [0.1, 0.15) is 35.3 Å². The van der Waals surface area contributed by atoms with Crippen molar-refractivity contribution in [3.8, 4) is 6.07 Å². The Labute approximate surface area is 100 Å². The molecule has 0 bridgehead atoms. The van der Waals surface area contributed by atoms with Crippen LogP contribution in [0.4, 0.5) is 0 Å². The summed E-state index contributed by atoms with van der Waals surface area (Å²) in [5.41, 5.74) is 1.70. The maximum Gasteiger partial charge on any atom is 0.338 e. The van der Waals surface area contributed by atoms with Gasteiger partial charge in [0.05, 0.1) is 17.7 Å². The molecular weight excluding hydrogens is 222 g/mol. The number of rotatable bonds is 3. The Morgan fingerprint density at radius 3 is 2.69 bits per heavy atom. The molecule has 1 aromatic carbocycles. The van der Waals surface area contributed by atoms with Gasteiger partial charge in [0, 0.05) is 4.90 Å². The first-order chi connectivity index (χ1) is 7.63. The molecule has 0 aliphatic carbocycles. The van der Waals surface area contributed by atoms with Gasteiger partial charge in [-0.05, 0) is 31.0 Å². The zero-order chi connectivity index (χ0) is 12.1. The monoisotopic (exact) mass is 235 g/mol. The molecule has 4 heteroatoms. The number of carbonyl (C=O) groups is 1. The minimum Gasteiger partial charge on any atom is -0.462 e. The topological polar surface area (TPSA) is 50.1 Å². The predicted octanol–water partition coefficient (Wildman–Crippen LogP) is 2.59. The van der Waals surface area contributed by atoms with E-state index in [1.165, 1.54) is 6.07 Å². The third-order valence-electron chi connectivity index (χ3n) is 2.20. The van der Waals surface area contributed by atoms with Crippen molar-refractivity contribution in [2.75, 3.05) is 6.61 Å². The van der Waals surface area contributed by atoms with Crippen LogP contribution in [0, 0.1) is 11.3 Å². The highest BCUT2D eigenvalue weighted by Crippen LogP contribution is 2.22. The number of hydrogen-bond acceptors (Lipinski definition) is 4. The van der Waals surface area contributed by atoms with Gasteiger partial charge in [0.1, 0.15) is 6.07 Å². The molecule has 0 aromatic heterocycles. The number of aryl methyl sites for hydroxylation is 1. The van der Waals surface area contributed by atoms with Crippen LogP contribution in [-0.4, -0.2) is 12.6 Å². The number of thiol groups is 1. The first-order valence-corrected chi connectivity index (χ1v) is 5.51. The molecule has 16 heavy (non-hydrogen) atoms. The van der Waals surface area contributed by atoms with Crippen molar-refractivity contribution in [1.29, 1.82) is 5.26 Å². The summed E-state index contributed by atoms with van der Waals surface area (Å²) in [6.45, 7) is 4.02. The molecule has 0 atom stereocenters. The summed E-state index contributed by atoms with van der Waals surface area (Å²) in [5, 5.41) is 8.92. The standard InChI is InChI=1S/C12H13NO2S/c1-3-8-5-9(12(14)15-4-2)6-10(7-13)11(8)16/h5-6,16H,3-4H2,1-2H3. The Hall–Kier alpha value is -1.47. The molecule has 0 saturated carbocycles. The molecule has 0 spiro atoms. The molecule has 84 valence electrons. The molecular formula is C12H13NO2S. The molecule has 1 aromatic rings. The summed E-state index contributed by atoms with van der Waals surface area (Å²) in [6, 6.07) is 5.26. The quantitative estimate of drug-likeness (QED) is 0.647. The second-order valence-corrected chi connectivity index (χ2v) is 3.66. The second-order valence-electron chi connectivity index (χ2n) is 3.22. The Bertz CT molecular complexity index is 449. The maximum atomic E-state index is 11.5. The molecule has 0 N–H and O–H groups in total. The summed E-state index contributed by atoms with van der Waals surface area (Å²) in [4.78, 5) is 12.2. The van der Waals surface area contributed by atoms with Crippen LogP contribution in [0.2, 0.25) is 0 Å². The summed E-state index contributed by atoms with van der Waals surface area (Å²) < 4.78 is 4.89. The molecule has 3 nitrogen and oxygen atoms in total. The second kappa shape index (κ2) is 5.57. The van der Waals surface area contributed by atoms with Crippen molar-refractivity contribution in [3.63, 3.8) is 0 Å². The van der Waals surface area contributed by atoms with E-state index in [4.69, 9.17) is 10.00 Å². The first kappa shape index (κ1) is 12.6. The van der Waals surface area contributed by atoms with Crippen molar-refractivity contribution in [1.82, 2.24) is 0 Å². The minimum atomic E-state index is -0.401. The van der Waals surface area contributed by atoms with Gasteiger partial charge in [-0.1, -0.05) is 6.92 Å². The van der Waals surface area contributed by atoms with E-state index < -0.39 is 5.97 Å². The Balaban J connectivity index is 3.23. The van der Waals surface area contributed by atoms with Gasteiger partial charge in [0.15, 0.2) is 0 Å². The number of esters is 1. The molecule has 0 saturated heterocycles. The Morgan fingerprint density at radius 1 is 1.50 bits per heavy atom. The third-order valence-corrected chi connectivity index (χ3v) is 2.73.